The molecule has 0 heterocycles. The zero-order valence-electron chi connectivity index (χ0n) is 10.1. The predicted octanol–water partition coefficient (Wildman–Crippen LogP) is 3.59. The number of benzene rings is 1. The van der Waals surface area contributed by atoms with Crippen molar-refractivity contribution in [2.75, 3.05) is 12.8 Å². The van der Waals surface area contributed by atoms with Gasteiger partial charge in [-0.1, -0.05) is 0 Å². The highest BCUT2D eigenvalue weighted by Crippen LogP contribution is 2.29. The summed E-state index contributed by atoms with van der Waals surface area (Å²) in [6, 6.07) is 4.71. The average molecular weight is 279 g/mol. The number of alkyl halides is 3. The molecule has 6 heteroatoms. The highest BCUT2D eigenvalue weighted by Gasteiger charge is 2.31. The van der Waals surface area contributed by atoms with Gasteiger partial charge in [-0.2, -0.15) is 0 Å². The van der Waals surface area contributed by atoms with Gasteiger partial charge in [0.15, 0.2) is 0 Å². The summed E-state index contributed by atoms with van der Waals surface area (Å²) in [4.78, 5) is 0.763. The standard InChI is InChI=1S/C12H16F3NOS/c1-18-11-7-9(4-2-3-5-16)6-10(8-11)17-12(13,14)15/h6-8H,2-5,16H2,1H3. The molecule has 0 saturated carbocycles. The number of unbranched alkanes of at least 4 members (excludes halogenated alkanes) is 1. The number of aryl methyl sites for hydroxylation is 1. The molecule has 0 unspecified atom stereocenters. The first-order valence-corrected chi connectivity index (χ1v) is 6.81. The van der Waals surface area contributed by atoms with E-state index in [1.807, 2.05) is 12.3 Å². The first-order valence-electron chi connectivity index (χ1n) is 5.58. The molecular weight excluding hydrogens is 263 g/mol. The van der Waals surface area contributed by atoms with Crippen LogP contribution in [0.4, 0.5) is 13.2 Å². The second-order valence-corrected chi connectivity index (χ2v) is 4.69. The number of hydrogen-bond acceptors (Lipinski definition) is 3. The van der Waals surface area contributed by atoms with Gasteiger partial charge in [-0.3, -0.25) is 0 Å². The van der Waals surface area contributed by atoms with Gasteiger partial charge in [-0.15, -0.1) is 24.9 Å². The third-order valence-corrected chi connectivity index (χ3v) is 3.04. The summed E-state index contributed by atoms with van der Waals surface area (Å²) in [7, 11) is 0. The smallest absolute Gasteiger partial charge is 0.406 e. The minimum absolute atomic E-state index is 0.155. The molecule has 0 fully saturated rings. The summed E-state index contributed by atoms with van der Waals surface area (Å²) in [5.74, 6) is -0.155. The van der Waals surface area contributed by atoms with E-state index in [0.29, 0.717) is 13.0 Å². The quantitative estimate of drug-likeness (QED) is 0.638. The van der Waals surface area contributed by atoms with Gasteiger partial charge in [-0.25, -0.2) is 0 Å². The number of thioether (sulfide) groups is 1. The molecule has 0 aliphatic rings. The number of nitrogens with two attached hydrogens (primary N) is 1. The summed E-state index contributed by atoms with van der Waals surface area (Å²) in [6.45, 7) is 0.591. The zero-order valence-corrected chi connectivity index (χ0v) is 10.9. The fourth-order valence-electron chi connectivity index (χ4n) is 1.56. The van der Waals surface area contributed by atoms with Gasteiger partial charge in [-0.05, 0) is 55.8 Å². The van der Waals surface area contributed by atoms with Crippen molar-refractivity contribution in [2.45, 2.75) is 30.5 Å². The lowest BCUT2D eigenvalue weighted by Crippen LogP contribution is -2.17. The molecule has 1 rings (SSSR count). The second kappa shape index (κ2) is 6.89. The van der Waals surface area contributed by atoms with Crippen LogP contribution in [0, 0.1) is 0 Å². The Kier molecular flexibility index (Phi) is 5.81. The Balaban J connectivity index is 2.80. The molecule has 0 aliphatic heterocycles. The van der Waals surface area contributed by atoms with E-state index >= 15 is 0 Å². The fraction of sp³-hybridized carbons (Fsp3) is 0.500. The third kappa shape index (κ3) is 5.64. The highest BCUT2D eigenvalue weighted by molar-refractivity contribution is 7.98. The van der Waals surface area contributed by atoms with Crippen LogP contribution in [0.1, 0.15) is 18.4 Å². The summed E-state index contributed by atoms with van der Waals surface area (Å²) in [6.07, 6.45) is -0.402. The molecule has 2 N–H and O–H groups in total. The lowest BCUT2D eigenvalue weighted by molar-refractivity contribution is -0.274. The van der Waals surface area contributed by atoms with E-state index in [-0.39, 0.29) is 5.75 Å². The van der Waals surface area contributed by atoms with E-state index in [1.54, 1.807) is 0 Å². The number of rotatable bonds is 6. The second-order valence-electron chi connectivity index (χ2n) is 3.81. The number of halogens is 3. The fourth-order valence-corrected chi connectivity index (χ4v) is 2.06. The maximum absolute atomic E-state index is 12.2. The molecule has 0 bridgehead atoms. The summed E-state index contributed by atoms with van der Waals surface area (Å²) >= 11 is 1.39. The van der Waals surface area contributed by atoms with Crippen LogP contribution in [0.5, 0.6) is 5.75 Å². The molecule has 0 aromatic heterocycles. The van der Waals surface area contributed by atoms with Crippen LogP contribution in [0.15, 0.2) is 23.1 Å². The van der Waals surface area contributed by atoms with E-state index in [9.17, 15) is 13.2 Å². The van der Waals surface area contributed by atoms with Crippen LogP contribution < -0.4 is 10.5 Å². The Labute approximate surface area is 109 Å². The topological polar surface area (TPSA) is 35.2 Å². The van der Waals surface area contributed by atoms with E-state index in [1.165, 1.54) is 23.9 Å². The zero-order chi connectivity index (χ0) is 13.6. The van der Waals surface area contributed by atoms with E-state index in [0.717, 1.165) is 23.3 Å². The van der Waals surface area contributed by atoms with Crippen molar-refractivity contribution in [3.05, 3.63) is 23.8 Å². The summed E-state index contributed by atoms with van der Waals surface area (Å²) in [5.41, 5.74) is 6.23. The van der Waals surface area contributed by atoms with Crippen LogP contribution in [-0.2, 0) is 6.42 Å². The van der Waals surface area contributed by atoms with Crippen LogP contribution >= 0.6 is 11.8 Å². The van der Waals surface area contributed by atoms with Gasteiger partial charge in [0.2, 0.25) is 0 Å². The van der Waals surface area contributed by atoms with Gasteiger partial charge in [0.05, 0.1) is 0 Å². The van der Waals surface area contributed by atoms with E-state index in [4.69, 9.17) is 5.73 Å². The van der Waals surface area contributed by atoms with Crippen molar-refractivity contribution >= 4 is 11.8 Å². The Morgan fingerprint density at radius 3 is 2.50 bits per heavy atom. The van der Waals surface area contributed by atoms with Gasteiger partial charge in [0.1, 0.15) is 5.75 Å². The minimum Gasteiger partial charge on any atom is -0.406 e. The number of ether oxygens (including phenoxy) is 1. The molecule has 2 nitrogen and oxygen atoms in total. The van der Waals surface area contributed by atoms with Gasteiger partial charge < -0.3 is 10.5 Å². The monoisotopic (exact) mass is 279 g/mol. The van der Waals surface area contributed by atoms with Crippen LogP contribution in [0.2, 0.25) is 0 Å². The molecule has 0 amide bonds. The molecule has 0 radical (unpaired) electrons. The molecule has 0 aliphatic carbocycles. The predicted molar refractivity (Wildman–Crippen MR) is 66.9 cm³/mol. The Hall–Kier alpha value is -0.880. The third-order valence-electron chi connectivity index (χ3n) is 2.33. The van der Waals surface area contributed by atoms with Crippen molar-refractivity contribution in [2.24, 2.45) is 5.73 Å². The summed E-state index contributed by atoms with van der Waals surface area (Å²) < 4.78 is 40.5. The van der Waals surface area contributed by atoms with Crippen molar-refractivity contribution in [3.8, 4) is 5.75 Å². The van der Waals surface area contributed by atoms with Crippen LogP contribution in [0.3, 0.4) is 0 Å². The van der Waals surface area contributed by atoms with Gasteiger partial charge in [0.25, 0.3) is 0 Å². The Bertz CT molecular complexity index is 382. The minimum atomic E-state index is -4.65. The lowest BCUT2D eigenvalue weighted by Gasteiger charge is -2.12. The van der Waals surface area contributed by atoms with E-state index < -0.39 is 6.36 Å². The molecule has 1 aromatic rings. The lowest BCUT2D eigenvalue weighted by atomic mass is 10.1. The number of hydrogen-bond donors (Lipinski definition) is 1. The largest absolute Gasteiger partial charge is 0.573 e. The molecule has 0 spiro atoms. The van der Waals surface area contributed by atoms with Crippen molar-refractivity contribution in [3.63, 3.8) is 0 Å². The Morgan fingerprint density at radius 1 is 1.22 bits per heavy atom. The van der Waals surface area contributed by atoms with Crippen LogP contribution in [0.25, 0.3) is 0 Å². The van der Waals surface area contributed by atoms with E-state index in [2.05, 4.69) is 4.74 Å². The van der Waals surface area contributed by atoms with Gasteiger partial charge >= 0.3 is 6.36 Å². The van der Waals surface area contributed by atoms with Gasteiger partial charge in [0, 0.05) is 4.90 Å². The maximum Gasteiger partial charge on any atom is 0.573 e. The SMILES string of the molecule is CSc1cc(CCCCN)cc(OC(F)(F)F)c1. The van der Waals surface area contributed by atoms with Crippen molar-refractivity contribution in [1.82, 2.24) is 0 Å². The molecule has 18 heavy (non-hydrogen) atoms. The first-order chi connectivity index (χ1) is 8.44. The molecule has 0 atom stereocenters. The van der Waals surface area contributed by atoms with Crippen LogP contribution in [-0.4, -0.2) is 19.2 Å². The normalized spacial score (nSPS) is 11.6. The molecular formula is C12H16F3NOS. The molecule has 1 aromatic carbocycles. The highest BCUT2D eigenvalue weighted by atomic mass is 32.2. The molecule has 0 saturated heterocycles. The molecule has 102 valence electrons. The first kappa shape index (κ1) is 15.2. The Morgan fingerprint density at radius 2 is 1.94 bits per heavy atom. The van der Waals surface area contributed by atoms with Crippen molar-refractivity contribution < 1.29 is 17.9 Å². The summed E-state index contributed by atoms with van der Waals surface area (Å²) in [5, 5.41) is 0. The van der Waals surface area contributed by atoms with Crippen molar-refractivity contribution in [1.29, 1.82) is 0 Å². The average Bonchev–Trinajstić information content (AvgIpc) is 2.26. The maximum atomic E-state index is 12.2.